The van der Waals surface area contributed by atoms with Crippen LogP contribution in [0.4, 0.5) is 11.6 Å². The van der Waals surface area contributed by atoms with Crippen molar-refractivity contribution in [1.82, 2.24) is 15.0 Å². The van der Waals surface area contributed by atoms with E-state index in [4.69, 9.17) is 0 Å². The highest BCUT2D eigenvalue weighted by atomic mass is 16.6. The second-order valence-electron chi connectivity index (χ2n) is 4.70. The minimum atomic E-state index is -0.450. The smallest absolute Gasteiger partial charge is 0.316 e. The Kier molecular flexibility index (Phi) is 4.42. The zero-order valence-electron chi connectivity index (χ0n) is 12.3. The van der Waals surface area contributed by atoms with Crippen LogP contribution in [0.5, 0.6) is 0 Å². The lowest BCUT2D eigenvalue weighted by Gasteiger charge is -2.09. The Hall–Kier alpha value is -2.57. The molecule has 0 aromatic carbocycles. The maximum atomic E-state index is 11.3. The average Bonchev–Trinajstić information content (AvgIpc) is 2.44. The van der Waals surface area contributed by atoms with E-state index in [2.05, 4.69) is 20.3 Å². The fraction of sp³-hybridized carbons (Fsp3) is 0.357. The van der Waals surface area contributed by atoms with E-state index in [1.54, 1.807) is 25.3 Å². The van der Waals surface area contributed by atoms with Gasteiger partial charge in [0.15, 0.2) is 5.69 Å². The van der Waals surface area contributed by atoms with Gasteiger partial charge in [-0.3, -0.25) is 15.1 Å². The molecule has 0 atom stereocenters. The number of anilines is 1. The summed E-state index contributed by atoms with van der Waals surface area (Å²) >= 11 is 0. The van der Waals surface area contributed by atoms with Crippen LogP contribution in [0.15, 0.2) is 18.3 Å². The summed E-state index contributed by atoms with van der Waals surface area (Å²) in [5.74, 6) is 0.399. The second kappa shape index (κ2) is 6.25. The molecule has 0 aliphatic carbocycles. The lowest BCUT2D eigenvalue weighted by atomic mass is 10.1. The van der Waals surface area contributed by atoms with Gasteiger partial charge in [0, 0.05) is 24.0 Å². The summed E-state index contributed by atoms with van der Waals surface area (Å²) in [4.78, 5) is 23.5. The van der Waals surface area contributed by atoms with Gasteiger partial charge in [-0.25, -0.2) is 9.97 Å². The van der Waals surface area contributed by atoms with Crippen LogP contribution in [0.1, 0.15) is 24.7 Å². The zero-order valence-corrected chi connectivity index (χ0v) is 12.3. The highest BCUT2D eigenvalue weighted by Crippen LogP contribution is 2.30. The molecule has 0 unspecified atom stereocenters. The molecule has 7 heteroatoms. The van der Waals surface area contributed by atoms with Gasteiger partial charge in [0.05, 0.1) is 4.92 Å². The predicted molar refractivity (Wildman–Crippen MR) is 80.2 cm³/mol. The van der Waals surface area contributed by atoms with E-state index in [9.17, 15) is 10.1 Å². The number of pyridine rings is 1. The number of nitrogens with one attached hydrogen (secondary N) is 1. The van der Waals surface area contributed by atoms with E-state index < -0.39 is 4.92 Å². The van der Waals surface area contributed by atoms with Crippen LogP contribution in [0.25, 0.3) is 11.3 Å². The number of aryl methyl sites for hydroxylation is 2. The van der Waals surface area contributed by atoms with Gasteiger partial charge in [-0.1, -0.05) is 6.92 Å². The monoisotopic (exact) mass is 287 g/mol. The van der Waals surface area contributed by atoms with E-state index >= 15 is 0 Å². The molecule has 0 spiro atoms. The van der Waals surface area contributed by atoms with Crippen molar-refractivity contribution in [1.29, 1.82) is 0 Å². The highest BCUT2D eigenvalue weighted by molar-refractivity contribution is 5.71. The summed E-state index contributed by atoms with van der Waals surface area (Å²) in [6.45, 7) is 6.21. The molecule has 0 saturated carbocycles. The molecule has 2 aromatic rings. The minimum absolute atomic E-state index is 0.0808. The lowest BCUT2D eigenvalue weighted by Crippen LogP contribution is -2.08. The maximum Gasteiger partial charge on any atom is 0.316 e. The van der Waals surface area contributed by atoms with Crippen molar-refractivity contribution in [2.75, 3.05) is 11.9 Å². The first-order valence-corrected chi connectivity index (χ1v) is 6.73. The van der Waals surface area contributed by atoms with Gasteiger partial charge >= 0.3 is 5.69 Å². The van der Waals surface area contributed by atoms with Gasteiger partial charge in [-0.2, -0.15) is 0 Å². The molecular formula is C14H17N5O2. The molecule has 0 amide bonds. The van der Waals surface area contributed by atoms with Crippen LogP contribution in [-0.4, -0.2) is 26.4 Å². The maximum absolute atomic E-state index is 11.3. The van der Waals surface area contributed by atoms with E-state index in [-0.39, 0.29) is 5.69 Å². The zero-order chi connectivity index (χ0) is 15.4. The van der Waals surface area contributed by atoms with Crippen molar-refractivity contribution in [2.45, 2.75) is 27.2 Å². The van der Waals surface area contributed by atoms with Gasteiger partial charge in [-0.05, 0) is 32.4 Å². The van der Waals surface area contributed by atoms with Crippen LogP contribution >= 0.6 is 0 Å². The van der Waals surface area contributed by atoms with Crippen LogP contribution in [0, 0.1) is 24.0 Å². The van der Waals surface area contributed by atoms with Crippen molar-refractivity contribution in [2.24, 2.45) is 0 Å². The van der Waals surface area contributed by atoms with Crippen molar-refractivity contribution >= 4 is 11.6 Å². The molecule has 0 aliphatic rings. The van der Waals surface area contributed by atoms with Gasteiger partial charge in [0.25, 0.3) is 0 Å². The lowest BCUT2D eigenvalue weighted by molar-refractivity contribution is -0.385. The number of nitro groups is 1. The number of hydrogen-bond acceptors (Lipinski definition) is 6. The van der Waals surface area contributed by atoms with Gasteiger partial charge in [-0.15, -0.1) is 0 Å². The molecule has 2 aromatic heterocycles. The third-order valence-electron chi connectivity index (χ3n) is 2.96. The number of nitrogens with zero attached hydrogens (tertiary/aromatic N) is 4. The third kappa shape index (κ3) is 3.31. The summed E-state index contributed by atoms with van der Waals surface area (Å²) in [5, 5.41) is 14.4. The first-order chi connectivity index (χ1) is 10.0. The van der Waals surface area contributed by atoms with E-state index in [1.165, 1.54) is 0 Å². The molecular weight excluding hydrogens is 270 g/mol. The molecule has 0 aliphatic heterocycles. The quantitative estimate of drug-likeness (QED) is 0.671. The average molecular weight is 287 g/mol. The van der Waals surface area contributed by atoms with Crippen LogP contribution in [-0.2, 0) is 0 Å². The van der Waals surface area contributed by atoms with Gasteiger partial charge in [0.1, 0.15) is 5.69 Å². The first kappa shape index (κ1) is 14.8. The normalized spacial score (nSPS) is 10.4. The van der Waals surface area contributed by atoms with Gasteiger partial charge in [0.2, 0.25) is 5.95 Å². The predicted octanol–water partition coefficient (Wildman–Crippen LogP) is 2.89. The summed E-state index contributed by atoms with van der Waals surface area (Å²) in [6.07, 6.45) is 2.51. The number of aromatic nitrogens is 3. The van der Waals surface area contributed by atoms with E-state index in [1.807, 2.05) is 13.8 Å². The molecule has 2 heterocycles. The fourth-order valence-corrected chi connectivity index (χ4v) is 1.91. The Labute approximate surface area is 122 Å². The molecule has 2 rings (SSSR count). The number of rotatable bonds is 5. The molecule has 110 valence electrons. The van der Waals surface area contributed by atoms with E-state index in [0.717, 1.165) is 12.1 Å². The Bertz CT molecular complexity index is 655. The molecule has 21 heavy (non-hydrogen) atoms. The summed E-state index contributed by atoms with van der Waals surface area (Å²) < 4.78 is 0. The highest BCUT2D eigenvalue weighted by Gasteiger charge is 2.23. The second-order valence-corrected chi connectivity index (χ2v) is 4.70. The van der Waals surface area contributed by atoms with Crippen molar-refractivity contribution in [3.8, 4) is 11.3 Å². The van der Waals surface area contributed by atoms with Crippen molar-refractivity contribution < 1.29 is 4.92 Å². The molecule has 1 N–H and O–H groups in total. The Morgan fingerprint density at radius 3 is 2.62 bits per heavy atom. The Morgan fingerprint density at radius 1 is 1.29 bits per heavy atom. The van der Waals surface area contributed by atoms with Crippen LogP contribution < -0.4 is 5.32 Å². The Balaban J connectivity index is 2.56. The third-order valence-corrected chi connectivity index (χ3v) is 2.96. The standard InChI is InChI=1S/C14H17N5O2/c1-4-7-15-14-17-10(3)13(19(20)21)12(18-14)11-6-5-9(2)16-8-11/h5-6,8H,4,7H2,1-3H3,(H,15,17,18). The first-order valence-electron chi connectivity index (χ1n) is 6.73. The summed E-state index contributed by atoms with van der Waals surface area (Å²) in [7, 11) is 0. The molecule has 0 fully saturated rings. The molecule has 0 radical (unpaired) electrons. The van der Waals surface area contributed by atoms with Crippen LogP contribution in [0.3, 0.4) is 0 Å². The van der Waals surface area contributed by atoms with Crippen molar-refractivity contribution in [3.05, 3.63) is 39.8 Å². The largest absolute Gasteiger partial charge is 0.354 e. The topological polar surface area (TPSA) is 93.8 Å². The summed E-state index contributed by atoms with van der Waals surface area (Å²) in [5.41, 5.74) is 2.00. The molecule has 0 saturated heterocycles. The minimum Gasteiger partial charge on any atom is -0.354 e. The SMILES string of the molecule is CCCNc1nc(C)c([N+](=O)[O-])c(-c2ccc(C)nc2)n1. The van der Waals surface area contributed by atoms with Crippen molar-refractivity contribution in [3.63, 3.8) is 0 Å². The van der Waals surface area contributed by atoms with Gasteiger partial charge < -0.3 is 5.32 Å². The molecule has 7 nitrogen and oxygen atoms in total. The molecule has 0 bridgehead atoms. The number of hydrogen-bond donors (Lipinski definition) is 1. The van der Waals surface area contributed by atoms with E-state index in [0.29, 0.717) is 29.4 Å². The Morgan fingerprint density at radius 2 is 2.05 bits per heavy atom. The fourth-order valence-electron chi connectivity index (χ4n) is 1.91. The summed E-state index contributed by atoms with van der Waals surface area (Å²) in [6, 6.07) is 3.58. The van der Waals surface area contributed by atoms with Crippen LogP contribution in [0.2, 0.25) is 0 Å².